The quantitative estimate of drug-likeness (QED) is 0.596. The van der Waals surface area contributed by atoms with Crippen molar-refractivity contribution in [2.75, 3.05) is 20.5 Å². The van der Waals surface area contributed by atoms with Gasteiger partial charge >= 0.3 is 10.2 Å². The fourth-order valence-electron chi connectivity index (χ4n) is 1.21. The summed E-state index contributed by atoms with van der Waals surface area (Å²) in [7, 11) is -3.44. The van der Waals surface area contributed by atoms with Gasteiger partial charge in [0, 0.05) is 13.2 Å². The van der Waals surface area contributed by atoms with Gasteiger partial charge in [0.05, 0.1) is 11.6 Å². The monoisotopic (exact) mass is 298 g/mol. The number of methoxy groups -OCH3 is 1. The average Bonchev–Trinajstić information content (AvgIpc) is 2.27. The number of hydrogen-bond donors (Lipinski definition) is 0. The van der Waals surface area contributed by atoms with E-state index in [1.54, 1.807) is 6.92 Å². The van der Waals surface area contributed by atoms with Crippen LogP contribution in [0.1, 0.15) is 6.92 Å². The first-order valence-corrected chi connectivity index (χ1v) is 6.69. The highest BCUT2D eigenvalue weighted by molar-refractivity contribution is 7.86. The van der Waals surface area contributed by atoms with Crippen LogP contribution in [0.4, 0.5) is 3.89 Å². The highest BCUT2D eigenvalue weighted by Crippen LogP contribution is 2.38. The zero-order valence-electron chi connectivity index (χ0n) is 9.77. The summed E-state index contributed by atoms with van der Waals surface area (Å²) in [6.45, 7) is 1.83. The Morgan fingerprint density at radius 2 is 2.00 bits per heavy atom. The van der Waals surface area contributed by atoms with Gasteiger partial charge < -0.3 is 14.2 Å². The van der Waals surface area contributed by atoms with E-state index in [0.717, 1.165) is 12.1 Å². The highest BCUT2D eigenvalue weighted by atomic mass is 35.5. The number of hydrogen-bond acceptors (Lipinski definition) is 5. The molecule has 0 aromatic heterocycles. The molecule has 8 heteroatoms. The maximum atomic E-state index is 12.9. The molecule has 102 valence electrons. The van der Waals surface area contributed by atoms with Gasteiger partial charge in [0.1, 0.15) is 4.90 Å². The van der Waals surface area contributed by atoms with E-state index in [2.05, 4.69) is 0 Å². The van der Waals surface area contributed by atoms with Crippen LogP contribution in [-0.4, -0.2) is 28.9 Å². The minimum atomic E-state index is -4.85. The Labute approximate surface area is 110 Å². The number of benzene rings is 1. The van der Waals surface area contributed by atoms with Crippen molar-refractivity contribution in [3.8, 4) is 11.5 Å². The molecule has 0 saturated carbocycles. The van der Waals surface area contributed by atoms with E-state index in [1.807, 2.05) is 0 Å². The molecule has 0 saturated heterocycles. The second kappa shape index (κ2) is 6.21. The first-order chi connectivity index (χ1) is 8.40. The SMILES string of the molecule is CCOc1cc(S(=O)(=O)F)cc(Cl)c1OCOC. The van der Waals surface area contributed by atoms with E-state index in [-0.39, 0.29) is 29.9 Å². The Morgan fingerprint density at radius 1 is 1.33 bits per heavy atom. The van der Waals surface area contributed by atoms with Crippen molar-refractivity contribution in [2.45, 2.75) is 11.8 Å². The van der Waals surface area contributed by atoms with Crippen LogP contribution in [0.5, 0.6) is 11.5 Å². The molecule has 0 N–H and O–H groups in total. The van der Waals surface area contributed by atoms with Crippen LogP contribution in [0.25, 0.3) is 0 Å². The van der Waals surface area contributed by atoms with Crippen LogP contribution in [0.3, 0.4) is 0 Å². The summed E-state index contributed by atoms with van der Waals surface area (Å²) in [4.78, 5) is -0.583. The van der Waals surface area contributed by atoms with Gasteiger partial charge in [0.25, 0.3) is 0 Å². The zero-order valence-corrected chi connectivity index (χ0v) is 11.3. The van der Waals surface area contributed by atoms with Crippen molar-refractivity contribution in [2.24, 2.45) is 0 Å². The van der Waals surface area contributed by atoms with E-state index in [1.165, 1.54) is 7.11 Å². The van der Waals surface area contributed by atoms with Gasteiger partial charge in [0.15, 0.2) is 18.3 Å². The maximum absolute atomic E-state index is 12.9. The van der Waals surface area contributed by atoms with Crippen molar-refractivity contribution >= 4 is 21.8 Å². The summed E-state index contributed by atoms with van der Waals surface area (Å²) >= 11 is 5.82. The third kappa shape index (κ3) is 3.72. The first-order valence-electron chi connectivity index (χ1n) is 4.93. The smallest absolute Gasteiger partial charge is 0.332 e. The molecule has 0 spiro atoms. The first kappa shape index (κ1) is 15.0. The van der Waals surface area contributed by atoms with E-state index >= 15 is 0 Å². The van der Waals surface area contributed by atoms with Crippen LogP contribution in [0.15, 0.2) is 17.0 Å². The summed E-state index contributed by atoms with van der Waals surface area (Å²) in [5.41, 5.74) is 0. The normalized spacial score (nSPS) is 11.3. The third-order valence-corrected chi connectivity index (χ3v) is 2.97. The van der Waals surface area contributed by atoms with Crippen LogP contribution in [-0.2, 0) is 15.0 Å². The molecule has 0 bridgehead atoms. The van der Waals surface area contributed by atoms with Crippen molar-refractivity contribution in [1.29, 1.82) is 0 Å². The molecule has 0 fully saturated rings. The van der Waals surface area contributed by atoms with Crippen molar-refractivity contribution < 1.29 is 26.5 Å². The summed E-state index contributed by atoms with van der Waals surface area (Å²) in [6, 6.07) is 1.96. The molecule has 5 nitrogen and oxygen atoms in total. The van der Waals surface area contributed by atoms with Crippen LogP contribution >= 0.6 is 11.6 Å². The number of halogens is 2. The summed E-state index contributed by atoms with van der Waals surface area (Å²) in [6.07, 6.45) is 0. The summed E-state index contributed by atoms with van der Waals surface area (Å²) in [5.74, 6) is 0.144. The summed E-state index contributed by atoms with van der Waals surface area (Å²) < 4.78 is 49.5. The third-order valence-electron chi connectivity index (χ3n) is 1.89. The average molecular weight is 299 g/mol. The largest absolute Gasteiger partial charge is 0.490 e. The lowest BCUT2D eigenvalue weighted by atomic mass is 10.3. The molecule has 1 aromatic carbocycles. The lowest BCUT2D eigenvalue weighted by molar-refractivity contribution is 0.0487. The Morgan fingerprint density at radius 3 is 2.50 bits per heavy atom. The molecule has 18 heavy (non-hydrogen) atoms. The molecule has 1 aromatic rings. The second-order valence-corrected chi connectivity index (χ2v) is 4.91. The Balaban J connectivity index is 3.26. The van der Waals surface area contributed by atoms with Gasteiger partial charge in [-0.15, -0.1) is 3.89 Å². The summed E-state index contributed by atoms with van der Waals surface area (Å²) in [5, 5.41) is -0.0748. The Kier molecular flexibility index (Phi) is 5.18. The zero-order chi connectivity index (χ0) is 13.8. The minimum Gasteiger partial charge on any atom is -0.490 e. The number of ether oxygens (including phenoxy) is 3. The van der Waals surface area contributed by atoms with E-state index < -0.39 is 15.1 Å². The predicted molar refractivity (Wildman–Crippen MR) is 63.4 cm³/mol. The van der Waals surface area contributed by atoms with Crippen molar-refractivity contribution in [3.05, 3.63) is 17.2 Å². The lowest BCUT2D eigenvalue weighted by Gasteiger charge is -2.13. The van der Waals surface area contributed by atoms with Crippen LogP contribution < -0.4 is 9.47 Å². The standard InChI is InChI=1S/C10H12ClFO5S/c1-3-16-9-5-7(18(12,13)14)4-8(11)10(9)17-6-15-2/h4-5H,3,6H2,1-2H3. The Hall–Kier alpha value is -1.05. The maximum Gasteiger partial charge on any atom is 0.332 e. The van der Waals surface area contributed by atoms with Gasteiger partial charge in [-0.25, -0.2) is 0 Å². The van der Waals surface area contributed by atoms with Gasteiger partial charge in [-0.1, -0.05) is 11.6 Å². The van der Waals surface area contributed by atoms with E-state index in [4.69, 9.17) is 25.8 Å². The van der Waals surface area contributed by atoms with Crippen LogP contribution in [0, 0.1) is 0 Å². The molecule has 0 atom stereocenters. The highest BCUT2D eigenvalue weighted by Gasteiger charge is 2.19. The molecule has 0 aliphatic rings. The molecule has 0 amide bonds. The van der Waals surface area contributed by atoms with Gasteiger partial charge in [-0.3, -0.25) is 0 Å². The second-order valence-electron chi connectivity index (χ2n) is 3.15. The van der Waals surface area contributed by atoms with Crippen molar-refractivity contribution in [1.82, 2.24) is 0 Å². The van der Waals surface area contributed by atoms with Gasteiger partial charge in [-0.05, 0) is 13.0 Å². The fourth-order valence-corrected chi connectivity index (χ4v) is 2.04. The molecule has 0 aliphatic heterocycles. The topological polar surface area (TPSA) is 61.8 Å². The molecule has 0 heterocycles. The Bertz CT molecular complexity index is 517. The minimum absolute atomic E-state index is 0.0401. The van der Waals surface area contributed by atoms with E-state index in [0.29, 0.717) is 0 Å². The predicted octanol–water partition coefficient (Wildman–Crippen LogP) is 2.38. The molecule has 0 aliphatic carbocycles. The van der Waals surface area contributed by atoms with E-state index in [9.17, 15) is 12.3 Å². The van der Waals surface area contributed by atoms with Gasteiger partial charge in [0.2, 0.25) is 0 Å². The molecule has 0 unspecified atom stereocenters. The van der Waals surface area contributed by atoms with Gasteiger partial charge in [-0.2, -0.15) is 8.42 Å². The lowest BCUT2D eigenvalue weighted by Crippen LogP contribution is -2.04. The van der Waals surface area contributed by atoms with Crippen molar-refractivity contribution in [3.63, 3.8) is 0 Å². The number of rotatable bonds is 6. The van der Waals surface area contributed by atoms with Crippen LogP contribution in [0.2, 0.25) is 5.02 Å². The molecule has 1 rings (SSSR count). The molecular formula is C10H12ClFO5S. The molecular weight excluding hydrogens is 287 g/mol. The fraction of sp³-hybridized carbons (Fsp3) is 0.400. The molecule has 0 radical (unpaired) electrons.